The van der Waals surface area contributed by atoms with Gasteiger partial charge in [-0.3, -0.25) is 5.43 Å². The molecular formula is C26H35N5O3S2. The molecule has 2 N–H and O–H groups in total. The number of hydrogen-bond acceptors (Lipinski definition) is 5. The molecule has 0 bridgehead atoms. The van der Waals surface area contributed by atoms with E-state index in [1.165, 1.54) is 0 Å². The molecule has 0 atom stereocenters. The monoisotopic (exact) mass is 529 g/mol. The maximum absolute atomic E-state index is 13.3. The average molecular weight is 530 g/mol. The van der Waals surface area contributed by atoms with E-state index in [2.05, 4.69) is 20.4 Å². The first kappa shape index (κ1) is 27.6. The number of anilines is 1. The Balaban J connectivity index is 1.85. The number of ether oxygens (including phenoxy) is 1. The van der Waals surface area contributed by atoms with Gasteiger partial charge in [-0.15, -0.1) is 0 Å². The van der Waals surface area contributed by atoms with Crippen molar-refractivity contribution in [1.82, 2.24) is 14.3 Å². The second kappa shape index (κ2) is 12.8. The Morgan fingerprint density at radius 2 is 1.83 bits per heavy atom. The van der Waals surface area contributed by atoms with Crippen LogP contribution in [0.15, 0.2) is 58.7 Å². The molecule has 0 saturated heterocycles. The first-order valence-corrected chi connectivity index (χ1v) is 14.1. The molecule has 3 rings (SSSR count). The van der Waals surface area contributed by atoms with Crippen molar-refractivity contribution in [2.24, 2.45) is 5.10 Å². The zero-order chi connectivity index (χ0) is 26.1. The Hall–Kier alpha value is -2.95. The van der Waals surface area contributed by atoms with E-state index >= 15 is 0 Å². The van der Waals surface area contributed by atoms with Crippen molar-refractivity contribution < 1.29 is 13.2 Å². The summed E-state index contributed by atoms with van der Waals surface area (Å²) in [5, 5.41) is 8.53. The second-order valence-corrected chi connectivity index (χ2v) is 10.6. The van der Waals surface area contributed by atoms with Gasteiger partial charge in [0.25, 0.3) is 0 Å². The average Bonchev–Trinajstić information content (AvgIpc) is 3.22. The molecule has 0 unspecified atom stereocenters. The van der Waals surface area contributed by atoms with Gasteiger partial charge >= 0.3 is 0 Å². The van der Waals surface area contributed by atoms with Gasteiger partial charge in [0.1, 0.15) is 5.75 Å². The number of aromatic nitrogens is 1. The molecule has 0 aliphatic heterocycles. The summed E-state index contributed by atoms with van der Waals surface area (Å²) in [6.45, 7) is 10.2. The van der Waals surface area contributed by atoms with Gasteiger partial charge in [-0.25, -0.2) is 8.42 Å². The molecule has 194 valence electrons. The molecule has 0 saturated carbocycles. The summed E-state index contributed by atoms with van der Waals surface area (Å²) in [5.74, 6) is 0.702. The van der Waals surface area contributed by atoms with Crippen LogP contribution in [0, 0.1) is 0 Å². The first-order chi connectivity index (χ1) is 17.3. The van der Waals surface area contributed by atoms with Gasteiger partial charge in [0.15, 0.2) is 5.11 Å². The van der Waals surface area contributed by atoms with Crippen LogP contribution in [0.1, 0.15) is 46.1 Å². The number of nitrogens with one attached hydrogen (secondary N) is 2. The van der Waals surface area contributed by atoms with Crippen molar-refractivity contribution in [1.29, 1.82) is 0 Å². The van der Waals surface area contributed by atoms with E-state index in [-0.39, 0.29) is 4.90 Å². The molecule has 36 heavy (non-hydrogen) atoms. The van der Waals surface area contributed by atoms with Gasteiger partial charge in [0.05, 0.1) is 23.4 Å². The summed E-state index contributed by atoms with van der Waals surface area (Å²) < 4.78 is 35.9. The van der Waals surface area contributed by atoms with Crippen LogP contribution >= 0.6 is 12.2 Å². The minimum atomic E-state index is -3.59. The Bertz CT molecular complexity index is 1310. The normalized spacial score (nSPS) is 11.9. The van der Waals surface area contributed by atoms with Gasteiger partial charge in [-0.1, -0.05) is 26.0 Å². The summed E-state index contributed by atoms with van der Waals surface area (Å²) in [6.07, 6.45) is 5.15. The predicted octanol–water partition coefficient (Wildman–Crippen LogP) is 5.19. The number of aryl methyl sites for hydroxylation is 1. The second-order valence-electron chi connectivity index (χ2n) is 8.21. The molecule has 0 aliphatic carbocycles. The summed E-state index contributed by atoms with van der Waals surface area (Å²) in [7, 11) is -3.59. The highest BCUT2D eigenvalue weighted by Gasteiger charge is 2.24. The molecule has 2 aromatic carbocycles. The fourth-order valence-corrected chi connectivity index (χ4v) is 5.80. The topological polar surface area (TPSA) is 88.0 Å². The van der Waals surface area contributed by atoms with Gasteiger partial charge in [-0.2, -0.15) is 9.41 Å². The van der Waals surface area contributed by atoms with E-state index in [1.54, 1.807) is 22.7 Å². The molecule has 1 heterocycles. The summed E-state index contributed by atoms with van der Waals surface area (Å²) in [4.78, 5) is 0.290. The molecule has 0 amide bonds. The number of rotatable bonds is 12. The molecule has 3 aromatic rings. The lowest BCUT2D eigenvalue weighted by atomic mass is 10.2. The molecule has 10 heteroatoms. The third-order valence-electron chi connectivity index (χ3n) is 5.61. The molecule has 0 aliphatic rings. The highest BCUT2D eigenvalue weighted by atomic mass is 32.2. The smallest absolute Gasteiger partial charge is 0.243 e. The van der Waals surface area contributed by atoms with Crippen molar-refractivity contribution >= 4 is 50.2 Å². The quantitative estimate of drug-likeness (QED) is 0.191. The van der Waals surface area contributed by atoms with E-state index in [0.29, 0.717) is 30.6 Å². The maximum atomic E-state index is 13.3. The molecular weight excluding hydrogens is 494 g/mol. The van der Waals surface area contributed by atoms with E-state index in [0.717, 1.165) is 41.5 Å². The van der Waals surface area contributed by atoms with Crippen molar-refractivity contribution in [3.05, 3.63) is 54.2 Å². The minimum Gasteiger partial charge on any atom is -0.492 e. The number of thiocarbonyl (C=S) groups is 1. The largest absolute Gasteiger partial charge is 0.492 e. The summed E-state index contributed by atoms with van der Waals surface area (Å²) >= 11 is 5.39. The zero-order valence-corrected chi connectivity index (χ0v) is 23.0. The number of sulfonamides is 1. The van der Waals surface area contributed by atoms with Crippen LogP contribution in [0.5, 0.6) is 5.75 Å². The number of nitrogens with zero attached hydrogens (tertiary/aromatic N) is 3. The maximum Gasteiger partial charge on any atom is 0.243 e. The SMILES string of the molecule is CCCN(CCC)S(=O)(=O)c1ccc2c(c1)c(/C=N/NC(=S)Nc1ccccc1OCC)cn2CC. The fourth-order valence-electron chi connectivity index (χ4n) is 3.99. The van der Waals surface area contributed by atoms with Crippen molar-refractivity contribution in [3.63, 3.8) is 0 Å². The van der Waals surface area contributed by atoms with Crippen molar-refractivity contribution in [3.8, 4) is 5.75 Å². The van der Waals surface area contributed by atoms with Gasteiger partial charge in [0.2, 0.25) is 10.0 Å². The lowest BCUT2D eigenvalue weighted by molar-refractivity contribution is 0.342. The van der Waals surface area contributed by atoms with Gasteiger partial charge in [0, 0.05) is 42.3 Å². The fraction of sp³-hybridized carbons (Fsp3) is 0.385. The lowest BCUT2D eigenvalue weighted by Gasteiger charge is -2.21. The van der Waals surface area contributed by atoms with E-state index in [4.69, 9.17) is 17.0 Å². The summed E-state index contributed by atoms with van der Waals surface area (Å²) in [5.41, 5.74) is 5.32. The molecule has 0 fully saturated rings. The molecule has 0 radical (unpaired) electrons. The third-order valence-corrected chi connectivity index (χ3v) is 7.70. The van der Waals surface area contributed by atoms with Gasteiger partial charge < -0.3 is 14.6 Å². The number of hydrazone groups is 1. The first-order valence-electron chi connectivity index (χ1n) is 12.3. The van der Waals surface area contributed by atoms with Crippen LogP contribution in [0.2, 0.25) is 0 Å². The highest BCUT2D eigenvalue weighted by Crippen LogP contribution is 2.26. The number of fused-ring (bicyclic) bond motifs is 1. The van der Waals surface area contributed by atoms with Crippen LogP contribution in [0.3, 0.4) is 0 Å². The van der Waals surface area contributed by atoms with Crippen LogP contribution in [-0.4, -0.2) is 48.3 Å². The Labute approximate surface area is 219 Å². The van der Waals surface area contributed by atoms with Crippen molar-refractivity contribution in [2.75, 3.05) is 25.0 Å². The molecule has 0 spiro atoms. The van der Waals surface area contributed by atoms with Crippen molar-refractivity contribution in [2.45, 2.75) is 52.0 Å². The third kappa shape index (κ3) is 6.43. The highest BCUT2D eigenvalue weighted by molar-refractivity contribution is 7.89. The van der Waals surface area contributed by atoms with Crippen LogP contribution in [-0.2, 0) is 16.6 Å². The number of benzene rings is 2. The number of para-hydroxylation sites is 2. The van der Waals surface area contributed by atoms with Crippen LogP contribution in [0.4, 0.5) is 5.69 Å². The van der Waals surface area contributed by atoms with E-state index < -0.39 is 10.0 Å². The van der Waals surface area contributed by atoms with Crippen LogP contribution in [0.25, 0.3) is 10.9 Å². The zero-order valence-electron chi connectivity index (χ0n) is 21.3. The lowest BCUT2D eigenvalue weighted by Crippen LogP contribution is -2.32. The van der Waals surface area contributed by atoms with E-state index in [1.807, 2.05) is 64.2 Å². The standard InChI is InChI=1S/C26H35N5O3S2/c1-5-15-31(16-6-2)36(32,33)21-13-14-24-22(17-21)20(19-30(24)7-3)18-27-29-26(35)28-23-11-9-10-12-25(23)34-8-4/h9-14,17-19H,5-8,15-16H2,1-4H3,(H2,28,29,35)/b27-18+. The predicted molar refractivity (Wildman–Crippen MR) is 152 cm³/mol. The Morgan fingerprint density at radius 1 is 1.11 bits per heavy atom. The van der Waals surface area contributed by atoms with Crippen LogP contribution < -0.4 is 15.5 Å². The molecule has 1 aromatic heterocycles. The Kier molecular flexibility index (Phi) is 9.86. The number of hydrogen-bond donors (Lipinski definition) is 2. The summed E-state index contributed by atoms with van der Waals surface area (Å²) in [6, 6.07) is 12.8. The Morgan fingerprint density at radius 3 is 2.50 bits per heavy atom. The van der Waals surface area contributed by atoms with E-state index in [9.17, 15) is 8.42 Å². The molecule has 8 nitrogen and oxygen atoms in total. The minimum absolute atomic E-state index is 0.290. The van der Waals surface area contributed by atoms with Gasteiger partial charge in [-0.05, 0) is 69.2 Å².